The Balaban J connectivity index is 2.49. The van der Waals surface area contributed by atoms with Crippen molar-refractivity contribution in [2.24, 2.45) is 0 Å². The number of aromatic nitrogens is 1. The molecule has 0 saturated heterocycles. The van der Waals surface area contributed by atoms with Crippen LogP contribution in [0, 0.1) is 18.6 Å². The normalized spacial score (nSPS) is 10.3. The molecular weight excluding hydrogens is 282 g/mol. The topological polar surface area (TPSA) is 71.5 Å². The zero-order valence-electron chi connectivity index (χ0n) is 11.3. The number of carbonyl (C=O) groups is 1. The molecule has 0 radical (unpaired) electrons. The quantitative estimate of drug-likeness (QED) is 0.906. The van der Waals surface area contributed by atoms with Crippen LogP contribution in [-0.4, -0.2) is 23.2 Å². The van der Waals surface area contributed by atoms with E-state index in [1.165, 1.54) is 25.3 Å². The number of hydrogen-bond donors (Lipinski definition) is 2. The highest BCUT2D eigenvalue weighted by Gasteiger charge is 2.18. The van der Waals surface area contributed by atoms with E-state index in [1.54, 1.807) is 6.92 Å². The minimum absolute atomic E-state index is 0.0875. The standard InChI is InChI=1S/C14H12F2N2O3/c1-7-5-8(15)3-4-11(7)17-12-9(14(19)20)6-10(16)13(18-12)21-2/h3-6H,1-2H3,(H,17,18)(H,19,20). The molecule has 0 bridgehead atoms. The Bertz CT molecular complexity index is 705. The van der Waals surface area contributed by atoms with E-state index in [2.05, 4.69) is 10.3 Å². The van der Waals surface area contributed by atoms with Crippen LogP contribution in [0.1, 0.15) is 15.9 Å². The Morgan fingerprint density at radius 3 is 2.62 bits per heavy atom. The minimum Gasteiger partial charge on any atom is -0.479 e. The number of ether oxygens (including phenoxy) is 1. The number of aromatic carboxylic acids is 1. The maximum atomic E-state index is 13.5. The summed E-state index contributed by atoms with van der Waals surface area (Å²) in [7, 11) is 1.22. The molecule has 1 aromatic carbocycles. The summed E-state index contributed by atoms with van der Waals surface area (Å²) in [5.41, 5.74) is 0.661. The van der Waals surface area contributed by atoms with Gasteiger partial charge in [0.1, 0.15) is 17.2 Å². The van der Waals surface area contributed by atoms with E-state index in [-0.39, 0.29) is 17.3 Å². The zero-order chi connectivity index (χ0) is 15.6. The molecule has 21 heavy (non-hydrogen) atoms. The van der Waals surface area contributed by atoms with E-state index in [0.717, 1.165) is 6.07 Å². The van der Waals surface area contributed by atoms with Crippen LogP contribution < -0.4 is 10.1 Å². The molecule has 1 aromatic heterocycles. The first-order valence-corrected chi connectivity index (χ1v) is 5.93. The van der Waals surface area contributed by atoms with E-state index < -0.39 is 17.6 Å². The molecule has 7 heteroatoms. The van der Waals surface area contributed by atoms with Crippen molar-refractivity contribution in [2.45, 2.75) is 6.92 Å². The summed E-state index contributed by atoms with van der Waals surface area (Å²) in [6.07, 6.45) is 0. The predicted molar refractivity (Wildman–Crippen MR) is 72.1 cm³/mol. The molecule has 5 nitrogen and oxygen atoms in total. The molecule has 0 amide bonds. The van der Waals surface area contributed by atoms with Crippen LogP contribution in [0.3, 0.4) is 0 Å². The van der Waals surface area contributed by atoms with Crippen molar-refractivity contribution in [3.05, 3.63) is 47.0 Å². The van der Waals surface area contributed by atoms with Crippen LogP contribution in [0.15, 0.2) is 24.3 Å². The third kappa shape index (κ3) is 3.07. The SMILES string of the molecule is COc1nc(Nc2ccc(F)cc2C)c(C(=O)O)cc1F. The third-order valence-electron chi connectivity index (χ3n) is 2.81. The number of anilines is 2. The number of rotatable bonds is 4. The van der Waals surface area contributed by atoms with Gasteiger partial charge in [-0.25, -0.2) is 13.6 Å². The van der Waals surface area contributed by atoms with E-state index in [1.807, 2.05) is 0 Å². The lowest BCUT2D eigenvalue weighted by Gasteiger charge is -2.12. The van der Waals surface area contributed by atoms with Crippen LogP contribution >= 0.6 is 0 Å². The number of benzene rings is 1. The Morgan fingerprint density at radius 1 is 1.33 bits per heavy atom. The number of aryl methyl sites for hydroxylation is 1. The third-order valence-corrected chi connectivity index (χ3v) is 2.81. The molecule has 0 aliphatic heterocycles. The largest absolute Gasteiger partial charge is 0.479 e. The van der Waals surface area contributed by atoms with E-state index >= 15 is 0 Å². The number of nitrogens with zero attached hydrogens (tertiary/aromatic N) is 1. The maximum absolute atomic E-state index is 13.5. The summed E-state index contributed by atoms with van der Waals surface area (Å²) in [5.74, 6) is -3.05. The van der Waals surface area contributed by atoms with Crippen LogP contribution in [0.4, 0.5) is 20.3 Å². The van der Waals surface area contributed by atoms with Crippen LogP contribution in [0.2, 0.25) is 0 Å². The van der Waals surface area contributed by atoms with E-state index in [0.29, 0.717) is 11.3 Å². The number of carboxylic acid groups (broad SMARTS) is 1. The van der Waals surface area contributed by atoms with Gasteiger partial charge in [-0.15, -0.1) is 0 Å². The lowest BCUT2D eigenvalue weighted by atomic mass is 10.2. The molecule has 110 valence electrons. The van der Waals surface area contributed by atoms with Crippen LogP contribution in [0.5, 0.6) is 5.88 Å². The van der Waals surface area contributed by atoms with Crippen molar-refractivity contribution in [3.8, 4) is 5.88 Å². The molecule has 0 unspecified atom stereocenters. The number of methoxy groups -OCH3 is 1. The average Bonchev–Trinajstić information content (AvgIpc) is 2.42. The van der Waals surface area contributed by atoms with Crippen molar-refractivity contribution in [1.29, 1.82) is 0 Å². The summed E-state index contributed by atoms with van der Waals surface area (Å²) < 4.78 is 31.3. The highest BCUT2D eigenvalue weighted by atomic mass is 19.1. The van der Waals surface area contributed by atoms with Gasteiger partial charge in [0.15, 0.2) is 5.82 Å². The lowest BCUT2D eigenvalue weighted by molar-refractivity contribution is 0.0697. The lowest BCUT2D eigenvalue weighted by Crippen LogP contribution is -2.08. The van der Waals surface area contributed by atoms with Crippen molar-refractivity contribution >= 4 is 17.5 Å². The molecule has 0 fully saturated rings. The minimum atomic E-state index is -1.34. The number of halogens is 2. The van der Waals surface area contributed by atoms with Crippen LogP contribution in [-0.2, 0) is 0 Å². The van der Waals surface area contributed by atoms with Gasteiger partial charge < -0.3 is 15.2 Å². The molecular formula is C14H12F2N2O3. The first-order valence-electron chi connectivity index (χ1n) is 5.93. The molecule has 0 saturated carbocycles. The zero-order valence-corrected chi connectivity index (χ0v) is 11.3. The fourth-order valence-electron chi connectivity index (χ4n) is 1.77. The Morgan fingerprint density at radius 2 is 2.05 bits per heavy atom. The van der Waals surface area contributed by atoms with Gasteiger partial charge in [-0.05, 0) is 36.8 Å². The number of carboxylic acids is 1. The maximum Gasteiger partial charge on any atom is 0.339 e. The summed E-state index contributed by atoms with van der Waals surface area (Å²) in [6.45, 7) is 1.65. The van der Waals surface area contributed by atoms with E-state index in [9.17, 15) is 13.6 Å². The molecule has 0 aliphatic carbocycles. The predicted octanol–water partition coefficient (Wildman–Crippen LogP) is 3.12. The summed E-state index contributed by atoms with van der Waals surface area (Å²) in [5, 5.41) is 11.8. The van der Waals surface area contributed by atoms with Gasteiger partial charge in [0, 0.05) is 5.69 Å². The molecule has 0 aliphatic rings. The van der Waals surface area contributed by atoms with Gasteiger partial charge in [0.2, 0.25) is 0 Å². The molecule has 1 heterocycles. The summed E-state index contributed by atoms with van der Waals surface area (Å²) in [6, 6.07) is 4.75. The Labute approximate surface area is 119 Å². The number of pyridine rings is 1. The fourth-order valence-corrected chi connectivity index (χ4v) is 1.77. The van der Waals surface area contributed by atoms with Crippen molar-refractivity contribution < 1.29 is 23.4 Å². The molecule has 2 rings (SSSR count). The van der Waals surface area contributed by atoms with Gasteiger partial charge in [0.25, 0.3) is 5.88 Å². The molecule has 2 N–H and O–H groups in total. The van der Waals surface area contributed by atoms with Gasteiger partial charge in [0.05, 0.1) is 7.11 Å². The number of nitrogens with one attached hydrogen (secondary N) is 1. The molecule has 0 spiro atoms. The second-order valence-electron chi connectivity index (χ2n) is 4.27. The van der Waals surface area contributed by atoms with E-state index in [4.69, 9.17) is 9.84 Å². The summed E-state index contributed by atoms with van der Waals surface area (Å²) in [4.78, 5) is 14.9. The summed E-state index contributed by atoms with van der Waals surface area (Å²) >= 11 is 0. The second kappa shape index (κ2) is 5.74. The van der Waals surface area contributed by atoms with Gasteiger partial charge >= 0.3 is 5.97 Å². The average molecular weight is 294 g/mol. The van der Waals surface area contributed by atoms with Crippen LogP contribution in [0.25, 0.3) is 0 Å². The first-order chi connectivity index (χ1) is 9.92. The van der Waals surface area contributed by atoms with Gasteiger partial charge in [-0.2, -0.15) is 4.98 Å². The Hall–Kier alpha value is -2.70. The van der Waals surface area contributed by atoms with Crippen molar-refractivity contribution in [1.82, 2.24) is 4.98 Å². The fraction of sp³-hybridized carbons (Fsp3) is 0.143. The van der Waals surface area contributed by atoms with Gasteiger partial charge in [-0.1, -0.05) is 0 Å². The molecule has 2 aromatic rings. The van der Waals surface area contributed by atoms with Gasteiger partial charge in [-0.3, -0.25) is 0 Å². The smallest absolute Gasteiger partial charge is 0.339 e. The van der Waals surface area contributed by atoms with Crippen molar-refractivity contribution in [3.63, 3.8) is 0 Å². The Kier molecular flexibility index (Phi) is 4.02. The highest BCUT2D eigenvalue weighted by molar-refractivity contribution is 5.94. The second-order valence-corrected chi connectivity index (χ2v) is 4.27. The first kappa shape index (κ1) is 14.7. The monoisotopic (exact) mass is 294 g/mol. The highest BCUT2D eigenvalue weighted by Crippen LogP contribution is 2.26. The molecule has 0 atom stereocenters. The van der Waals surface area contributed by atoms with Crippen molar-refractivity contribution in [2.75, 3.05) is 12.4 Å². The number of hydrogen-bond acceptors (Lipinski definition) is 4.